The fourth-order valence-electron chi connectivity index (χ4n) is 3.28. The number of rotatable bonds is 10. The van der Waals surface area contributed by atoms with Gasteiger partial charge in [0.15, 0.2) is 5.65 Å². The van der Waals surface area contributed by atoms with E-state index in [9.17, 15) is 9.59 Å². The highest BCUT2D eigenvalue weighted by atomic mass is 16.2. The van der Waals surface area contributed by atoms with E-state index in [1.54, 1.807) is 18.3 Å². The molecule has 0 bridgehead atoms. The Kier molecular flexibility index (Phi) is 7.00. The molecule has 2 heterocycles. The van der Waals surface area contributed by atoms with Crippen LogP contribution in [0.1, 0.15) is 57.4 Å². The Morgan fingerprint density at radius 1 is 1.04 bits per heavy atom. The summed E-state index contributed by atoms with van der Waals surface area (Å²) in [5.41, 5.74) is 2.12. The van der Waals surface area contributed by atoms with E-state index in [-0.39, 0.29) is 11.6 Å². The number of benzene rings is 1. The third-order valence-corrected chi connectivity index (χ3v) is 4.79. The summed E-state index contributed by atoms with van der Waals surface area (Å²) in [6.45, 7) is 2.56. The first-order valence-electron chi connectivity index (χ1n) is 10.1. The number of carbonyl (C=O) groups is 1. The van der Waals surface area contributed by atoms with E-state index < -0.39 is 0 Å². The van der Waals surface area contributed by atoms with Crippen molar-refractivity contribution in [1.82, 2.24) is 14.2 Å². The van der Waals surface area contributed by atoms with E-state index in [4.69, 9.17) is 0 Å². The van der Waals surface area contributed by atoms with Crippen molar-refractivity contribution in [3.8, 4) is 0 Å². The lowest BCUT2D eigenvalue weighted by molar-refractivity contribution is -0.116. The van der Waals surface area contributed by atoms with E-state index in [2.05, 4.69) is 17.3 Å². The minimum atomic E-state index is -0.173. The summed E-state index contributed by atoms with van der Waals surface area (Å²) in [7, 11) is 0. The van der Waals surface area contributed by atoms with Crippen LogP contribution >= 0.6 is 0 Å². The van der Waals surface area contributed by atoms with Crippen LogP contribution in [0.3, 0.4) is 0 Å². The van der Waals surface area contributed by atoms with E-state index in [1.165, 1.54) is 34.8 Å². The smallest absolute Gasteiger partial charge is 0.326 e. The molecule has 0 aliphatic rings. The summed E-state index contributed by atoms with van der Waals surface area (Å²) in [6, 6.07) is 13.0. The number of carbonyl (C=O) groups excluding carboxylic acids is 1. The van der Waals surface area contributed by atoms with Crippen LogP contribution < -0.4 is 11.0 Å². The molecule has 1 aromatic carbocycles. The number of anilines is 1. The summed E-state index contributed by atoms with van der Waals surface area (Å²) >= 11 is 0. The third-order valence-electron chi connectivity index (χ3n) is 4.79. The number of amides is 1. The second kappa shape index (κ2) is 9.88. The summed E-state index contributed by atoms with van der Waals surface area (Å²) in [5.74, 6) is 0.0394. The van der Waals surface area contributed by atoms with Crippen LogP contribution in [0.2, 0.25) is 0 Å². The maximum absolute atomic E-state index is 12.4. The van der Waals surface area contributed by atoms with Gasteiger partial charge in [-0.25, -0.2) is 9.48 Å². The first-order chi connectivity index (χ1) is 13.7. The molecule has 6 heteroatoms. The lowest BCUT2D eigenvalue weighted by Gasteiger charge is -2.07. The van der Waals surface area contributed by atoms with Crippen molar-refractivity contribution in [3.63, 3.8) is 0 Å². The van der Waals surface area contributed by atoms with Gasteiger partial charge in [-0.05, 0) is 36.2 Å². The van der Waals surface area contributed by atoms with Crippen molar-refractivity contribution in [1.29, 1.82) is 0 Å². The monoisotopic (exact) mass is 380 g/mol. The highest BCUT2D eigenvalue weighted by Crippen LogP contribution is 2.13. The van der Waals surface area contributed by atoms with E-state index in [0.29, 0.717) is 18.6 Å². The van der Waals surface area contributed by atoms with Gasteiger partial charge in [0.1, 0.15) is 0 Å². The molecular formula is C22H28N4O2. The number of hydrogen-bond donors (Lipinski definition) is 1. The molecule has 3 rings (SSSR count). The zero-order valence-corrected chi connectivity index (χ0v) is 16.4. The largest absolute Gasteiger partial charge is 0.350 e. The maximum Gasteiger partial charge on any atom is 0.350 e. The maximum atomic E-state index is 12.4. The topological polar surface area (TPSA) is 68.4 Å². The average Bonchev–Trinajstić information content (AvgIpc) is 3.01. The van der Waals surface area contributed by atoms with Gasteiger partial charge in [-0.3, -0.25) is 9.20 Å². The number of fused-ring (bicyclic) bond motifs is 1. The van der Waals surface area contributed by atoms with Crippen LogP contribution in [0.4, 0.5) is 5.69 Å². The molecule has 148 valence electrons. The molecule has 28 heavy (non-hydrogen) atoms. The standard InChI is InChI=1S/C22H28N4O2/c1-2-3-4-5-6-7-14-21(27)23-19-12-10-11-18(16-19)17-26-22(28)25-15-9-8-13-20(25)24-26/h8-13,15-16H,2-7,14,17H2,1H3,(H,23,27). The van der Waals surface area contributed by atoms with Gasteiger partial charge >= 0.3 is 5.69 Å². The normalized spacial score (nSPS) is 11.0. The molecule has 2 aromatic heterocycles. The molecule has 3 aromatic rings. The van der Waals surface area contributed by atoms with Crippen molar-refractivity contribution in [2.75, 3.05) is 5.32 Å². The highest BCUT2D eigenvalue weighted by molar-refractivity contribution is 5.90. The second-order valence-electron chi connectivity index (χ2n) is 7.14. The minimum Gasteiger partial charge on any atom is -0.326 e. The van der Waals surface area contributed by atoms with E-state index in [0.717, 1.165) is 24.1 Å². The quantitative estimate of drug-likeness (QED) is 0.535. The number of unbranched alkanes of at least 4 members (excludes halogenated alkanes) is 5. The predicted octanol–water partition coefficient (Wildman–Crippen LogP) is 4.23. The SMILES string of the molecule is CCCCCCCCC(=O)Nc1cccc(Cn2nc3ccccn3c2=O)c1. The Morgan fingerprint density at radius 3 is 2.68 bits per heavy atom. The second-order valence-corrected chi connectivity index (χ2v) is 7.14. The fraction of sp³-hybridized carbons (Fsp3) is 0.409. The third kappa shape index (κ3) is 5.31. The molecule has 0 radical (unpaired) electrons. The van der Waals surface area contributed by atoms with E-state index >= 15 is 0 Å². The van der Waals surface area contributed by atoms with Gasteiger partial charge in [-0.15, -0.1) is 5.10 Å². The number of hydrogen-bond acceptors (Lipinski definition) is 3. The Balaban J connectivity index is 1.55. The van der Waals surface area contributed by atoms with Gasteiger partial charge in [-0.1, -0.05) is 57.2 Å². The van der Waals surface area contributed by atoms with Crippen LogP contribution in [0, 0.1) is 0 Å². The van der Waals surface area contributed by atoms with Gasteiger partial charge in [0.2, 0.25) is 5.91 Å². The molecular weight excluding hydrogens is 352 g/mol. The predicted molar refractivity (Wildman–Crippen MR) is 112 cm³/mol. The van der Waals surface area contributed by atoms with Crippen LogP contribution in [-0.4, -0.2) is 20.1 Å². The molecule has 0 unspecified atom stereocenters. The lowest BCUT2D eigenvalue weighted by Crippen LogP contribution is -2.21. The average molecular weight is 380 g/mol. The molecule has 1 N–H and O–H groups in total. The Morgan fingerprint density at radius 2 is 1.86 bits per heavy atom. The van der Waals surface area contributed by atoms with Gasteiger partial charge < -0.3 is 5.32 Å². The van der Waals surface area contributed by atoms with E-state index in [1.807, 2.05) is 30.3 Å². The van der Waals surface area contributed by atoms with Gasteiger partial charge in [-0.2, -0.15) is 0 Å². The Labute approximate surface area is 165 Å². The first kappa shape index (κ1) is 19.9. The van der Waals surface area contributed by atoms with Gasteiger partial charge in [0.25, 0.3) is 0 Å². The Hall–Kier alpha value is -2.89. The number of nitrogens with one attached hydrogen (secondary N) is 1. The molecule has 0 fully saturated rings. The van der Waals surface area contributed by atoms with Crippen molar-refractivity contribution < 1.29 is 4.79 Å². The van der Waals surface area contributed by atoms with Crippen LogP contribution in [-0.2, 0) is 11.3 Å². The van der Waals surface area contributed by atoms with Crippen molar-refractivity contribution in [2.45, 2.75) is 58.4 Å². The Bertz CT molecular complexity index is 974. The number of aromatic nitrogens is 3. The van der Waals surface area contributed by atoms with Crippen molar-refractivity contribution in [2.24, 2.45) is 0 Å². The van der Waals surface area contributed by atoms with Gasteiger partial charge in [0, 0.05) is 18.3 Å². The molecule has 0 saturated heterocycles. The molecule has 0 spiro atoms. The van der Waals surface area contributed by atoms with Crippen molar-refractivity contribution in [3.05, 3.63) is 64.7 Å². The molecule has 0 saturated carbocycles. The zero-order valence-electron chi connectivity index (χ0n) is 16.4. The van der Waals surface area contributed by atoms with Crippen LogP contribution in [0.5, 0.6) is 0 Å². The summed E-state index contributed by atoms with van der Waals surface area (Å²) in [4.78, 5) is 24.6. The van der Waals surface area contributed by atoms with Crippen LogP contribution in [0.15, 0.2) is 53.5 Å². The number of pyridine rings is 1. The summed E-state index contributed by atoms with van der Waals surface area (Å²) < 4.78 is 2.96. The molecule has 6 nitrogen and oxygen atoms in total. The molecule has 0 atom stereocenters. The summed E-state index contributed by atoms with van der Waals surface area (Å²) in [5, 5.41) is 7.31. The fourth-order valence-corrected chi connectivity index (χ4v) is 3.28. The van der Waals surface area contributed by atoms with Gasteiger partial charge in [0.05, 0.1) is 6.54 Å². The number of nitrogens with zero attached hydrogens (tertiary/aromatic N) is 3. The summed E-state index contributed by atoms with van der Waals surface area (Å²) in [6.07, 6.45) is 9.23. The lowest BCUT2D eigenvalue weighted by atomic mass is 10.1. The van der Waals surface area contributed by atoms with Crippen molar-refractivity contribution >= 4 is 17.2 Å². The minimum absolute atomic E-state index is 0.0394. The first-order valence-corrected chi connectivity index (χ1v) is 10.1. The molecule has 0 aliphatic heterocycles. The zero-order chi connectivity index (χ0) is 19.8. The highest BCUT2D eigenvalue weighted by Gasteiger charge is 2.08. The van der Waals surface area contributed by atoms with Crippen LogP contribution in [0.25, 0.3) is 5.65 Å². The molecule has 1 amide bonds. The molecule has 0 aliphatic carbocycles.